The topological polar surface area (TPSA) is 12.0 Å². The van der Waals surface area contributed by atoms with E-state index < -0.39 is 0 Å². The molecule has 0 radical (unpaired) electrons. The molecule has 2 unspecified atom stereocenters. The van der Waals surface area contributed by atoms with Crippen LogP contribution in [-0.4, -0.2) is 6.54 Å². The zero-order chi connectivity index (χ0) is 13.5. The highest BCUT2D eigenvalue weighted by molar-refractivity contribution is 9.10. The van der Waals surface area contributed by atoms with Crippen LogP contribution in [0.3, 0.4) is 0 Å². The van der Waals surface area contributed by atoms with E-state index in [2.05, 4.69) is 54.2 Å². The Hall–Kier alpha value is -0.0500. The Morgan fingerprint density at radius 2 is 2.00 bits per heavy atom. The van der Waals surface area contributed by atoms with Gasteiger partial charge in [0.15, 0.2) is 0 Å². The monoisotopic (exact) mass is 331 g/mol. The first-order valence-corrected chi connectivity index (χ1v) is 7.96. The molecule has 0 heterocycles. The van der Waals surface area contributed by atoms with Crippen molar-refractivity contribution in [2.75, 3.05) is 6.54 Å². The Morgan fingerprint density at radius 3 is 2.61 bits per heavy atom. The summed E-state index contributed by atoms with van der Waals surface area (Å²) in [7, 11) is 0. The molecule has 1 nitrogen and oxygen atoms in total. The fourth-order valence-electron chi connectivity index (χ4n) is 2.30. The van der Waals surface area contributed by atoms with E-state index >= 15 is 0 Å². The Balaban J connectivity index is 2.97. The molecule has 0 saturated heterocycles. The number of hydrogen-bond donors (Lipinski definition) is 1. The number of halogens is 2. The Kier molecular flexibility index (Phi) is 7.28. The van der Waals surface area contributed by atoms with Gasteiger partial charge in [-0.15, -0.1) is 0 Å². The van der Waals surface area contributed by atoms with Crippen LogP contribution in [0.15, 0.2) is 22.7 Å². The van der Waals surface area contributed by atoms with Crippen molar-refractivity contribution in [3.63, 3.8) is 0 Å². The highest BCUT2D eigenvalue weighted by atomic mass is 79.9. The lowest BCUT2D eigenvalue weighted by Crippen LogP contribution is -2.28. The van der Waals surface area contributed by atoms with E-state index in [4.69, 9.17) is 11.6 Å². The summed E-state index contributed by atoms with van der Waals surface area (Å²) in [5.41, 5.74) is 1.21. The van der Waals surface area contributed by atoms with E-state index in [1.54, 1.807) is 0 Å². The molecular formula is C15H23BrClN. The van der Waals surface area contributed by atoms with Gasteiger partial charge in [0, 0.05) is 10.5 Å². The SMILES string of the molecule is CCCNC(c1cccc(Br)c1Cl)C(C)CCC. The van der Waals surface area contributed by atoms with Gasteiger partial charge < -0.3 is 5.32 Å². The highest BCUT2D eigenvalue weighted by Crippen LogP contribution is 2.34. The molecule has 0 spiro atoms. The zero-order valence-corrected chi connectivity index (χ0v) is 13.8. The fraction of sp³-hybridized carbons (Fsp3) is 0.600. The second kappa shape index (κ2) is 8.19. The van der Waals surface area contributed by atoms with Crippen molar-refractivity contribution in [3.05, 3.63) is 33.3 Å². The number of nitrogens with one attached hydrogen (secondary N) is 1. The highest BCUT2D eigenvalue weighted by Gasteiger charge is 2.21. The summed E-state index contributed by atoms with van der Waals surface area (Å²) in [6, 6.07) is 6.53. The Bertz CT molecular complexity index is 368. The molecule has 2 atom stereocenters. The first-order valence-electron chi connectivity index (χ1n) is 6.79. The van der Waals surface area contributed by atoms with Crippen LogP contribution in [0.1, 0.15) is 51.6 Å². The van der Waals surface area contributed by atoms with Crippen LogP contribution < -0.4 is 5.32 Å². The van der Waals surface area contributed by atoms with Crippen LogP contribution in [-0.2, 0) is 0 Å². The third-order valence-electron chi connectivity index (χ3n) is 3.24. The standard InChI is InChI=1S/C15H23BrClN/c1-4-7-11(3)15(18-10-5-2)12-8-6-9-13(16)14(12)17/h6,8-9,11,15,18H,4-5,7,10H2,1-3H3. The molecule has 0 aliphatic heterocycles. The van der Waals surface area contributed by atoms with Crippen molar-refractivity contribution in [3.8, 4) is 0 Å². The molecule has 0 fully saturated rings. The third kappa shape index (κ3) is 4.25. The summed E-state index contributed by atoms with van der Waals surface area (Å²) in [4.78, 5) is 0. The maximum atomic E-state index is 6.42. The molecular weight excluding hydrogens is 310 g/mol. The van der Waals surface area contributed by atoms with Crippen molar-refractivity contribution in [2.45, 2.75) is 46.1 Å². The van der Waals surface area contributed by atoms with E-state index in [0.717, 1.165) is 22.5 Å². The van der Waals surface area contributed by atoms with Crippen molar-refractivity contribution >= 4 is 27.5 Å². The number of hydrogen-bond acceptors (Lipinski definition) is 1. The van der Waals surface area contributed by atoms with Gasteiger partial charge in [0.25, 0.3) is 0 Å². The molecule has 0 aliphatic carbocycles. The summed E-state index contributed by atoms with van der Waals surface area (Å²) in [5, 5.41) is 4.47. The van der Waals surface area contributed by atoms with Gasteiger partial charge in [-0.2, -0.15) is 0 Å². The summed E-state index contributed by atoms with van der Waals surface area (Å²) in [6.45, 7) is 7.75. The molecule has 1 aromatic rings. The molecule has 0 amide bonds. The smallest absolute Gasteiger partial charge is 0.0595 e. The average Bonchev–Trinajstić information content (AvgIpc) is 2.35. The number of benzene rings is 1. The summed E-state index contributed by atoms with van der Waals surface area (Å²) < 4.78 is 0.980. The second-order valence-electron chi connectivity index (χ2n) is 4.84. The van der Waals surface area contributed by atoms with Gasteiger partial charge in [-0.1, -0.05) is 50.9 Å². The van der Waals surface area contributed by atoms with Crippen LogP contribution in [0.25, 0.3) is 0 Å². The molecule has 18 heavy (non-hydrogen) atoms. The summed E-state index contributed by atoms with van der Waals surface area (Å²) in [6.07, 6.45) is 3.56. The maximum Gasteiger partial charge on any atom is 0.0595 e. The molecule has 1 aromatic carbocycles. The summed E-state index contributed by atoms with van der Waals surface area (Å²) in [5.74, 6) is 0.591. The van der Waals surface area contributed by atoms with Gasteiger partial charge in [-0.25, -0.2) is 0 Å². The molecule has 102 valence electrons. The molecule has 1 N–H and O–H groups in total. The third-order valence-corrected chi connectivity index (χ3v) is 4.55. The lowest BCUT2D eigenvalue weighted by molar-refractivity contribution is 0.363. The molecule has 0 aromatic heterocycles. The van der Waals surface area contributed by atoms with Crippen molar-refractivity contribution in [2.24, 2.45) is 5.92 Å². The zero-order valence-electron chi connectivity index (χ0n) is 11.5. The van der Waals surface area contributed by atoms with E-state index in [9.17, 15) is 0 Å². The normalized spacial score (nSPS) is 14.5. The second-order valence-corrected chi connectivity index (χ2v) is 6.07. The van der Waals surface area contributed by atoms with Crippen LogP contribution in [0.2, 0.25) is 5.02 Å². The minimum Gasteiger partial charge on any atom is -0.310 e. The van der Waals surface area contributed by atoms with Gasteiger partial charge in [-0.05, 0) is 52.9 Å². The lowest BCUT2D eigenvalue weighted by atomic mass is 9.91. The van der Waals surface area contributed by atoms with E-state index in [1.165, 1.54) is 18.4 Å². The van der Waals surface area contributed by atoms with Crippen LogP contribution >= 0.6 is 27.5 Å². The van der Waals surface area contributed by atoms with E-state index in [1.807, 2.05) is 6.07 Å². The van der Waals surface area contributed by atoms with Gasteiger partial charge in [0.1, 0.15) is 0 Å². The maximum absolute atomic E-state index is 6.42. The molecule has 0 bridgehead atoms. The quantitative estimate of drug-likeness (QED) is 0.687. The largest absolute Gasteiger partial charge is 0.310 e. The van der Waals surface area contributed by atoms with Crippen LogP contribution in [0, 0.1) is 5.92 Å². The lowest BCUT2D eigenvalue weighted by Gasteiger charge is -2.26. The van der Waals surface area contributed by atoms with E-state index in [0.29, 0.717) is 12.0 Å². The predicted octanol–water partition coefficient (Wildman–Crippen LogP) is 5.58. The van der Waals surface area contributed by atoms with Crippen LogP contribution in [0.4, 0.5) is 0 Å². The molecule has 3 heteroatoms. The van der Waals surface area contributed by atoms with E-state index in [-0.39, 0.29) is 0 Å². The minimum atomic E-state index is 0.342. The molecule has 1 rings (SSSR count). The predicted molar refractivity (Wildman–Crippen MR) is 84.3 cm³/mol. The molecule has 0 saturated carbocycles. The minimum absolute atomic E-state index is 0.342. The van der Waals surface area contributed by atoms with Gasteiger partial charge in [0.05, 0.1) is 5.02 Å². The van der Waals surface area contributed by atoms with Gasteiger partial charge >= 0.3 is 0 Å². The first-order chi connectivity index (χ1) is 8.61. The van der Waals surface area contributed by atoms with Crippen molar-refractivity contribution in [1.29, 1.82) is 0 Å². The fourth-order valence-corrected chi connectivity index (χ4v) is 2.93. The molecule has 0 aliphatic rings. The van der Waals surface area contributed by atoms with Crippen molar-refractivity contribution < 1.29 is 0 Å². The average molecular weight is 333 g/mol. The van der Waals surface area contributed by atoms with Gasteiger partial charge in [0.2, 0.25) is 0 Å². The van der Waals surface area contributed by atoms with Crippen molar-refractivity contribution in [1.82, 2.24) is 5.32 Å². The Morgan fingerprint density at radius 1 is 1.28 bits per heavy atom. The summed E-state index contributed by atoms with van der Waals surface area (Å²) >= 11 is 9.94. The van der Waals surface area contributed by atoms with Crippen LogP contribution in [0.5, 0.6) is 0 Å². The van der Waals surface area contributed by atoms with Gasteiger partial charge in [-0.3, -0.25) is 0 Å². The Labute approximate surface area is 124 Å². The number of rotatable bonds is 7. The first kappa shape index (κ1) is 16.0.